The Hall–Kier alpha value is -2.04. The van der Waals surface area contributed by atoms with Crippen LogP contribution in [0.25, 0.3) is 0 Å². The summed E-state index contributed by atoms with van der Waals surface area (Å²) in [5.74, 6) is 0.777. The lowest BCUT2D eigenvalue weighted by molar-refractivity contribution is -0.133. The number of para-hydroxylation sites is 2. The van der Waals surface area contributed by atoms with E-state index >= 15 is 0 Å². The minimum Gasteiger partial charge on any atom is -0.479 e. The van der Waals surface area contributed by atoms with Gasteiger partial charge in [0.25, 0.3) is 5.91 Å². The first kappa shape index (κ1) is 16.8. The van der Waals surface area contributed by atoms with Gasteiger partial charge in [-0.25, -0.2) is 0 Å². The molecule has 3 rings (SSSR count). The van der Waals surface area contributed by atoms with Crippen molar-refractivity contribution in [3.8, 4) is 5.75 Å². The fourth-order valence-electron chi connectivity index (χ4n) is 3.79. The van der Waals surface area contributed by atoms with Gasteiger partial charge in [-0.3, -0.25) is 9.59 Å². The Balaban J connectivity index is 1.69. The van der Waals surface area contributed by atoms with Crippen molar-refractivity contribution in [3.05, 3.63) is 24.3 Å². The van der Waals surface area contributed by atoms with Crippen LogP contribution >= 0.6 is 0 Å². The van der Waals surface area contributed by atoms with Gasteiger partial charge in [-0.15, -0.1) is 0 Å². The van der Waals surface area contributed by atoms with Gasteiger partial charge >= 0.3 is 0 Å². The molecule has 5 nitrogen and oxygen atoms in total. The molecular weight excluding hydrogens is 304 g/mol. The minimum absolute atomic E-state index is 0.0783. The van der Waals surface area contributed by atoms with Gasteiger partial charge in [0.15, 0.2) is 6.10 Å². The highest BCUT2D eigenvalue weighted by atomic mass is 16.5. The monoisotopic (exact) mass is 330 g/mol. The molecule has 0 radical (unpaired) electrons. The van der Waals surface area contributed by atoms with E-state index in [4.69, 9.17) is 4.74 Å². The second-order valence-electron chi connectivity index (χ2n) is 6.59. The number of hydrogen-bond acceptors (Lipinski definition) is 3. The lowest BCUT2D eigenvalue weighted by atomic mass is 10.1. The molecule has 1 aliphatic carbocycles. The van der Waals surface area contributed by atoms with Crippen LogP contribution in [-0.2, 0) is 9.59 Å². The number of hydrogen-bond donors (Lipinski definition) is 0. The lowest BCUT2D eigenvalue weighted by Crippen LogP contribution is -2.46. The number of fused-ring (bicyclic) bond motifs is 1. The predicted molar refractivity (Wildman–Crippen MR) is 93.1 cm³/mol. The summed E-state index contributed by atoms with van der Waals surface area (Å²) in [4.78, 5) is 28.8. The number of carbonyl (C=O) groups is 2. The van der Waals surface area contributed by atoms with E-state index in [-0.39, 0.29) is 11.8 Å². The first-order valence-electron chi connectivity index (χ1n) is 8.98. The zero-order valence-corrected chi connectivity index (χ0v) is 14.5. The Bertz CT molecular complexity index is 610. The number of nitrogens with zero attached hydrogens (tertiary/aromatic N) is 2. The maximum atomic E-state index is 12.7. The van der Waals surface area contributed by atoms with Crippen molar-refractivity contribution in [2.24, 2.45) is 0 Å². The summed E-state index contributed by atoms with van der Waals surface area (Å²) in [7, 11) is 0. The molecule has 0 spiro atoms. The van der Waals surface area contributed by atoms with Gasteiger partial charge in [-0.1, -0.05) is 25.0 Å². The van der Waals surface area contributed by atoms with Gasteiger partial charge in [-0.2, -0.15) is 0 Å². The Labute approximate surface area is 143 Å². The fourth-order valence-corrected chi connectivity index (χ4v) is 3.79. The van der Waals surface area contributed by atoms with Gasteiger partial charge in [0, 0.05) is 25.6 Å². The molecular formula is C19H26N2O3. The van der Waals surface area contributed by atoms with Crippen LogP contribution in [0.1, 0.15) is 46.0 Å². The van der Waals surface area contributed by atoms with Gasteiger partial charge < -0.3 is 14.5 Å². The number of benzene rings is 1. The highest BCUT2D eigenvalue weighted by Crippen LogP contribution is 2.33. The van der Waals surface area contributed by atoms with E-state index in [9.17, 15) is 9.59 Å². The Morgan fingerprint density at radius 3 is 2.71 bits per heavy atom. The van der Waals surface area contributed by atoms with Crippen LogP contribution in [0.2, 0.25) is 0 Å². The maximum Gasteiger partial charge on any atom is 0.267 e. The van der Waals surface area contributed by atoms with E-state index in [1.807, 2.05) is 36.1 Å². The molecule has 0 bridgehead atoms. The molecule has 1 aromatic carbocycles. The van der Waals surface area contributed by atoms with Crippen molar-refractivity contribution in [2.75, 3.05) is 18.0 Å². The van der Waals surface area contributed by atoms with E-state index < -0.39 is 6.10 Å². The van der Waals surface area contributed by atoms with Crippen LogP contribution in [-0.4, -0.2) is 41.9 Å². The quantitative estimate of drug-likeness (QED) is 0.834. The van der Waals surface area contributed by atoms with Crippen molar-refractivity contribution >= 4 is 17.5 Å². The third-order valence-corrected chi connectivity index (χ3v) is 5.05. The lowest BCUT2D eigenvalue weighted by Gasteiger charge is -2.34. The third kappa shape index (κ3) is 3.25. The molecule has 130 valence electrons. The van der Waals surface area contributed by atoms with Crippen molar-refractivity contribution in [2.45, 2.75) is 58.1 Å². The van der Waals surface area contributed by atoms with Crippen LogP contribution in [0.5, 0.6) is 5.75 Å². The Morgan fingerprint density at radius 2 is 2.00 bits per heavy atom. The molecule has 1 heterocycles. The van der Waals surface area contributed by atoms with E-state index in [1.54, 1.807) is 11.8 Å². The average Bonchev–Trinajstić information content (AvgIpc) is 3.10. The van der Waals surface area contributed by atoms with Crippen LogP contribution in [0.3, 0.4) is 0 Å². The molecule has 1 atom stereocenters. The SMILES string of the molecule is CCN(C(=O)CCN1C(=O)C(C)Oc2ccccc21)C1CCCC1. The van der Waals surface area contributed by atoms with Gasteiger partial charge in [0.05, 0.1) is 5.69 Å². The summed E-state index contributed by atoms with van der Waals surface area (Å²) >= 11 is 0. The first-order chi connectivity index (χ1) is 11.6. The second-order valence-corrected chi connectivity index (χ2v) is 6.59. The summed E-state index contributed by atoms with van der Waals surface area (Å²) in [5, 5.41) is 0. The molecule has 24 heavy (non-hydrogen) atoms. The normalized spacial score (nSPS) is 20.7. The van der Waals surface area contributed by atoms with Crippen LogP contribution in [0.15, 0.2) is 24.3 Å². The number of amides is 2. The summed E-state index contributed by atoms with van der Waals surface area (Å²) in [5.41, 5.74) is 0.761. The largest absolute Gasteiger partial charge is 0.479 e. The predicted octanol–water partition coefficient (Wildman–Crippen LogP) is 2.98. The molecule has 1 aliphatic heterocycles. The molecule has 1 aromatic rings. The van der Waals surface area contributed by atoms with Gasteiger partial charge in [0.2, 0.25) is 5.91 Å². The van der Waals surface area contributed by atoms with Crippen molar-refractivity contribution in [3.63, 3.8) is 0 Å². The number of anilines is 1. The fraction of sp³-hybridized carbons (Fsp3) is 0.579. The van der Waals surface area contributed by atoms with Crippen molar-refractivity contribution < 1.29 is 14.3 Å². The highest BCUT2D eigenvalue weighted by Gasteiger charge is 2.32. The summed E-state index contributed by atoms with van der Waals surface area (Å²) in [6, 6.07) is 7.90. The Morgan fingerprint density at radius 1 is 1.29 bits per heavy atom. The molecule has 0 N–H and O–H groups in total. The topological polar surface area (TPSA) is 49.9 Å². The molecule has 2 amide bonds. The van der Waals surface area contributed by atoms with Gasteiger partial charge in [-0.05, 0) is 38.8 Å². The van der Waals surface area contributed by atoms with E-state index in [1.165, 1.54) is 12.8 Å². The first-order valence-corrected chi connectivity index (χ1v) is 8.98. The van der Waals surface area contributed by atoms with Crippen LogP contribution < -0.4 is 9.64 Å². The minimum atomic E-state index is -0.507. The van der Waals surface area contributed by atoms with Crippen LogP contribution in [0.4, 0.5) is 5.69 Å². The molecule has 2 aliphatic rings. The highest BCUT2D eigenvalue weighted by molar-refractivity contribution is 6.00. The number of ether oxygens (including phenoxy) is 1. The molecule has 1 fully saturated rings. The molecule has 5 heteroatoms. The van der Waals surface area contributed by atoms with E-state index in [2.05, 4.69) is 0 Å². The van der Waals surface area contributed by atoms with Crippen molar-refractivity contribution in [1.29, 1.82) is 0 Å². The number of rotatable bonds is 5. The molecule has 1 saturated carbocycles. The summed E-state index contributed by atoms with van der Waals surface area (Å²) in [6.45, 7) is 4.94. The molecule has 0 saturated heterocycles. The van der Waals surface area contributed by atoms with E-state index in [0.717, 1.165) is 25.1 Å². The molecule has 1 unspecified atom stereocenters. The smallest absolute Gasteiger partial charge is 0.267 e. The average molecular weight is 330 g/mol. The zero-order valence-electron chi connectivity index (χ0n) is 14.5. The summed E-state index contributed by atoms with van der Waals surface area (Å²) in [6.07, 6.45) is 4.48. The standard InChI is InChI=1S/C19H26N2O3/c1-3-20(15-8-4-5-9-15)18(22)12-13-21-16-10-6-7-11-17(16)24-14(2)19(21)23/h6-7,10-11,14-15H,3-5,8-9,12-13H2,1-2H3. The molecule has 0 aromatic heterocycles. The van der Waals surface area contributed by atoms with Gasteiger partial charge in [0.1, 0.15) is 5.75 Å². The third-order valence-electron chi connectivity index (χ3n) is 5.05. The van der Waals surface area contributed by atoms with Crippen LogP contribution in [0, 0.1) is 0 Å². The van der Waals surface area contributed by atoms with E-state index in [0.29, 0.717) is 24.8 Å². The second kappa shape index (κ2) is 7.24. The Kier molecular flexibility index (Phi) is 5.07. The maximum absolute atomic E-state index is 12.7. The van der Waals surface area contributed by atoms with Crippen molar-refractivity contribution in [1.82, 2.24) is 4.90 Å². The number of carbonyl (C=O) groups excluding carboxylic acids is 2. The zero-order chi connectivity index (χ0) is 17.1. The summed E-state index contributed by atoms with van der Waals surface area (Å²) < 4.78 is 5.64.